The molecular formula is C13H24N4O. The van der Waals surface area contributed by atoms with Crippen molar-refractivity contribution in [1.82, 2.24) is 9.97 Å². The Hall–Kier alpha value is -1.36. The molecule has 0 aliphatic carbocycles. The van der Waals surface area contributed by atoms with Gasteiger partial charge in [0.15, 0.2) is 0 Å². The summed E-state index contributed by atoms with van der Waals surface area (Å²) in [5, 5.41) is 3.25. The van der Waals surface area contributed by atoms with Crippen molar-refractivity contribution in [2.24, 2.45) is 0 Å². The lowest BCUT2D eigenvalue weighted by Gasteiger charge is -2.13. The summed E-state index contributed by atoms with van der Waals surface area (Å²) in [6.45, 7) is 9.45. The lowest BCUT2D eigenvalue weighted by atomic mass is 10.2. The number of aromatic nitrogens is 2. The third kappa shape index (κ3) is 4.49. The third-order valence-electron chi connectivity index (χ3n) is 2.55. The van der Waals surface area contributed by atoms with E-state index in [0.29, 0.717) is 12.4 Å². The molecule has 1 aromatic rings. The Morgan fingerprint density at radius 1 is 1.33 bits per heavy atom. The van der Waals surface area contributed by atoms with E-state index in [1.165, 1.54) is 0 Å². The quantitative estimate of drug-likeness (QED) is 0.727. The monoisotopic (exact) mass is 252 g/mol. The van der Waals surface area contributed by atoms with Crippen LogP contribution < -0.4 is 11.1 Å². The molecule has 18 heavy (non-hydrogen) atoms. The summed E-state index contributed by atoms with van der Waals surface area (Å²) in [5.41, 5.74) is 6.78. The van der Waals surface area contributed by atoms with Gasteiger partial charge in [-0.1, -0.05) is 6.92 Å². The van der Waals surface area contributed by atoms with Gasteiger partial charge in [0.05, 0.1) is 12.7 Å². The van der Waals surface area contributed by atoms with Gasteiger partial charge in [0.25, 0.3) is 0 Å². The molecule has 1 rings (SSSR count). The zero-order valence-electron chi connectivity index (χ0n) is 11.8. The van der Waals surface area contributed by atoms with E-state index >= 15 is 0 Å². The van der Waals surface area contributed by atoms with Gasteiger partial charge in [-0.25, -0.2) is 9.97 Å². The highest BCUT2D eigenvalue weighted by Crippen LogP contribution is 2.17. The van der Waals surface area contributed by atoms with Gasteiger partial charge >= 0.3 is 0 Å². The number of anilines is 2. The Morgan fingerprint density at radius 2 is 2.06 bits per heavy atom. The predicted octanol–water partition coefficient (Wildman–Crippen LogP) is 2.16. The van der Waals surface area contributed by atoms with Crippen molar-refractivity contribution in [3.63, 3.8) is 0 Å². The maximum atomic E-state index is 5.88. The Labute approximate surface area is 109 Å². The molecule has 0 saturated heterocycles. The smallest absolute Gasteiger partial charge is 0.134 e. The van der Waals surface area contributed by atoms with E-state index in [2.05, 4.69) is 22.2 Å². The highest BCUT2D eigenvalue weighted by atomic mass is 16.5. The second-order valence-electron chi connectivity index (χ2n) is 4.60. The van der Waals surface area contributed by atoms with Gasteiger partial charge < -0.3 is 15.8 Å². The largest absolute Gasteiger partial charge is 0.383 e. The highest BCUT2D eigenvalue weighted by Gasteiger charge is 2.07. The average molecular weight is 252 g/mol. The molecular weight excluding hydrogens is 228 g/mol. The lowest BCUT2D eigenvalue weighted by Crippen LogP contribution is -2.16. The zero-order valence-corrected chi connectivity index (χ0v) is 11.8. The van der Waals surface area contributed by atoms with Crippen LogP contribution in [0.2, 0.25) is 0 Å². The van der Waals surface area contributed by atoms with Crippen molar-refractivity contribution in [2.45, 2.75) is 46.6 Å². The number of hydrogen-bond acceptors (Lipinski definition) is 5. The van der Waals surface area contributed by atoms with Crippen molar-refractivity contribution in [2.75, 3.05) is 24.2 Å². The van der Waals surface area contributed by atoms with Crippen molar-refractivity contribution in [3.05, 3.63) is 11.4 Å². The molecule has 0 bridgehead atoms. The van der Waals surface area contributed by atoms with Gasteiger partial charge in [0.1, 0.15) is 17.5 Å². The number of rotatable bonds is 7. The summed E-state index contributed by atoms with van der Waals surface area (Å²) >= 11 is 0. The Balaban J connectivity index is 2.63. The van der Waals surface area contributed by atoms with Gasteiger partial charge in [-0.3, -0.25) is 0 Å². The van der Waals surface area contributed by atoms with Gasteiger partial charge in [0, 0.05) is 18.5 Å². The van der Waals surface area contributed by atoms with Crippen LogP contribution >= 0.6 is 0 Å². The Bertz CT molecular complexity index is 379. The number of aryl methyl sites for hydroxylation is 1. The molecule has 0 unspecified atom stereocenters. The van der Waals surface area contributed by atoms with Crippen molar-refractivity contribution >= 4 is 11.6 Å². The average Bonchev–Trinajstić information content (AvgIpc) is 2.30. The van der Waals surface area contributed by atoms with E-state index in [-0.39, 0.29) is 6.10 Å². The number of nitrogens with zero attached hydrogens (tertiary/aromatic N) is 2. The minimum absolute atomic E-state index is 0.249. The SMILES string of the molecule is CCCc1nc(N)c(C)c(NCCOC(C)C)n1. The van der Waals surface area contributed by atoms with Crippen molar-refractivity contribution in [1.29, 1.82) is 0 Å². The lowest BCUT2D eigenvalue weighted by molar-refractivity contribution is 0.0870. The fourth-order valence-electron chi connectivity index (χ4n) is 1.55. The third-order valence-corrected chi connectivity index (χ3v) is 2.55. The van der Waals surface area contributed by atoms with Crippen LogP contribution in [0.15, 0.2) is 0 Å². The molecule has 0 radical (unpaired) electrons. The van der Waals surface area contributed by atoms with Crippen LogP contribution in [0.25, 0.3) is 0 Å². The fourth-order valence-corrected chi connectivity index (χ4v) is 1.55. The second kappa shape index (κ2) is 7.16. The van der Waals surface area contributed by atoms with Crippen LogP contribution in [0.5, 0.6) is 0 Å². The predicted molar refractivity (Wildman–Crippen MR) is 74.8 cm³/mol. The van der Waals surface area contributed by atoms with E-state index in [4.69, 9.17) is 10.5 Å². The van der Waals surface area contributed by atoms with Crippen molar-refractivity contribution < 1.29 is 4.74 Å². The summed E-state index contributed by atoms with van der Waals surface area (Å²) in [6.07, 6.45) is 2.11. The standard InChI is InChI=1S/C13H24N4O/c1-5-6-11-16-12(14)10(4)13(17-11)15-7-8-18-9(2)3/h9H,5-8H2,1-4H3,(H3,14,15,16,17). The van der Waals surface area contributed by atoms with E-state index in [9.17, 15) is 0 Å². The summed E-state index contributed by atoms with van der Waals surface area (Å²) in [7, 11) is 0. The highest BCUT2D eigenvalue weighted by molar-refractivity contribution is 5.54. The molecule has 0 aliphatic rings. The minimum Gasteiger partial charge on any atom is -0.383 e. The number of nitrogens with one attached hydrogen (secondary N) is 1. The van der Waals surface area contributed by atoms with Gasteiger partial charge in [-0.2, -0.15) is 0 Å². The molecule has 3 N–H and O–H groups in total. The number of nitrogens with two attached hydrogens (primary N) is 1. The summed E-state index contributed by atoms with van der Waals surface area (Å²) in [4.78, 5) is 8.76. The van der Waals surface area contributed by atoms with Crippen molar-refractivity contribution in [3.8, 4) is 0 Å². The first kappa shape index (κ1) is 14.7. The molecule has 1 aromatic heterocycles. The Morgan fingerprint density at radius 3 is 2.67 bits per heavy atom. The van der Waals surface area contributed by atoms with E-state index in [1.807, 2.05) is 20.8 Å². The normalized spacial score (nSPS) is 10.9. The minimum atomic E-state index is 0.249. The van der Waals surface area contributed by atoms with E-state index in [1.54, 1.807) is 0 Å². The first-order valence-electron chi connectivity index (χ1n) is 6.53. The van der Waals surface area contributed by atoms with Crippen LogP contribution in [0, 0.1) is 6.92 Å². The zero-order chi connectivity index (χ0) is 13.5. The van der Waals surface area contributed by atoms with Gasteiger partial charge in [-0.15, -0.1) is 0 Å². The van der Waals surface area contributed by atoms with Crippen LogP contribution in [0.1, 0.15) is 38.6 Å². The molecule has 102 valence electrons. The van der Waals surface area contributed by atoms with Gasteiger partial charge in [0.2, 0.25) is 0 Å². The molecule has 0 aromatic carbocycles. The number of ether oxygens (including phenoxy) is 1. The molecule has 0 spiro atoms. The van der Waals surface area contributed by atoms with Crippen LogP contribution in [-0.4, -0.2) is 29.2 Å². The topological polar surface area (TPSA) is 73.1 Å². The summed E-state index contributed by atoms with van der Waals surface area (Å²) in [6, 6.07) is 0. The van der Waals surface area contributed by atoms with Crippen LogP contribution in [0.3, 0.4) is 0 Å². The molecule has 5 heteroatoms. The molecule has 0 atom stereocenters. The molecule has 0 aliphatic heterocycles. The second-order valence-corrected chi connectivity index (χ2v) is 4.60. The van der Waals surface area contributed by atoms with E-state index < -0.39 is 0 Å². The first-order valence-corrected chi connectivity index (χ1v) is 6.53. The maximum absolute atomic E-state index is 5.88. The molecule has 0 saturated carbocycles. The van der Waals surface area contributed by atoms with Crippen LogP contribution in [-0.2, 0) is 11.2 Å². The number of hydrogen-bond donors (Lipinski definition) is 2. The first-order chi connectivity index (χ1) is 8.54. The summed E-state index contributed by atoms with van der Waals surface area (Å²) < 4.78 is 5.47. The van der Waals surface area contributed by atoms with Gasteiger partial charge in [-0.05, 0) is 27.2 Å². The maximum Gasteiger partial charge on any atom is 0.134 e. The molecule has 1 heterocycles. The Kier molecular flexibility index (Phi) is 5.85. The van der Waals surface area contributed by atoms with Crippen LogP contribution in [0.4, 0.5) is 11.6 Å². The molecule has 0 fully saturated rings. The summed E-state index contributed by atoms with van der Waals surface area (Å²) in [5.74, 6) is 2.17. The molecule has 0 amide bonds. The number of nitrogen functional groups attached to an aromatic ring is 1. The molecule has 5 nitrogen and oxygen atoms in total. The fraction of sp³-hybridized carbons (Fsp3) is 0.692. The van der Waals surface area contributed by atoms with E-state index in [0.717, 1.165) is 36.6 Å².